The predicted molar refractivity (Wildman–Crippen MR) is 36.8 cm³/mol. The number of furan rings is 1. The van der Waals surface area contributed by atoms with Gasteiger partial charge in [-0.15, -0.1) is 0 Å². The zero-order valence-electron chi connectivity index (χ0n) is 5.59. The lowest BCUT2D eigenvalue weighted by atomic mass is 10.2. The van der Waals surface area contributed by atoms with Crippen molar-refractivity contribution in [2.75, 3.05) is 7.05 Å². The quantitative estimate of drug-likeness (QED) is 0.522. The molecule has 0 saturated carbocycles. The van der Waals surface area contributed by atoms with Gasteiger partial charge in [0.05, 0.1) is 12.5 Å². The molecule has 0 saturated heterocycles. The maximum absolute atomic E-state index is 4.86. The van der Waals surface area contributed by atoms with E-state index >= 15 is 0 Å². The Morgan fingerprint density at radius 1 is 1.67 bits per heavy atom. The van der Waals surface area contributed by atoms with Gasteiger partial charge in [-0.2, -0.15) is 0 Å². The summed E-state index contributed by atoms with van der Waals surface area (Å²) in [5, 5.41) is 0. The molecule has 0 spiro atoms. The van der Waals surface area contributed by atoms with Gasteiger partial charge in [-0.25, -0.2) is 0 Å². The lowest BCUT2D eigenvalue weighted by molar-refractivity contribution is 0.567. The Bertz CT molecular complexity index is 199. The van der Waals surface area contributed by atoms with Crippen molar-refractivity contribution in [2.24, 2.45) is 4.99 Å². The summed E-state index contributed by atoms with van der Waals surface area (Å²) in [4.78, 5) is 3.99. The fraction of sp³-hybridized carbons (Fsp3) is 0.286. The van der Waals surface area contributed by atoms with Gasteiger partial charge in [-0.05, 0) is 13.0 Å². The lowest BCUT2D eigenvalue weighted by Crippen LogP contribution is -1.89. The van der Waals surface area contributed by atoms with Gasteiger partial charge < -0.3 is 4.42 Å². The molecular weight excluding hydrogens is 114 g/mol. The fourth-order valence-electron chi connectivity index (χ4n) is 0.599. The van der Waals surface area contributed by atoms with E-state index in [0.29, 0.717) is 0 Å². The van der Waals surface area contributed by atoms with Crippen molar-refractivity contribution in [3.8, 4) is 0 Å². The number of hydrogen-bond donors (Lipinski definition) is 0. The van der Waals surface area contributed by atoms with Gasteiger partial charge in [0, 0.05) is 18.3 Å². The first-order valence-corrected chi connectivity index (χ1v) is 2.80. The van der Waals surface area contributed by atoms with Crippen molar-refractivity contribution < 1.29 is 4.42 Å². The molecule has 1 heterocycles. The minimum absolute atomic E-state index is 1.00. The molecule has 2 nitrogen and oxygen atoms in total. The first-order chi connectivity index (χ1) is 4.34. The second-order valence-electron chi connectivity index (χ2n) is 1.82. The van der Waals surface area contributed by atoms with Gasteiger partial charge in [0.25, 0.3) is 0 Å². The summed E-state index contributed by atoms with van der Waals surface area (Å²) in [7, 11) is 1.77. The van der Waals surface area contributed by atoms with Crippen LogP contribution < -0.4 is 0 Å². The van der Waals surface area contributed by atoms with E-state index in [0.717, 1.165) is 11.3 Å². The molecule has 48 valence electrons. The predicted octanol–water partition coefficient (Wildman–Crippen LogP) is 1.72. The Morgan fingerprint density at radius 3 is 2.89 bits per heavy atom. The molecule has 1 aromatic rings. The molecule has 1 rings (SSSR count). The molecule has 0 unspecified atom stereocenters. The molecule has 1 aromatic heterocycles. The molecule has 0 aliphatic carbocycles. The maximum atomic E-state index is 4.86. The minimum atomic E-state index is 1.00. The molecule has 0 aromatic carbocycles. The monoisotopic (exact) mass is 123 g/mol. The van der Waals surface area contributed by atoms with Crippen molar-refractivity contribution in [1.82, 2.24) is 0 Å². The summed E-state index contributed by atoms with van der Waals surface area (Å²) in [6, 6.07) is 1.89. The summed E-state index contributed by atoms with van der Waals surface area (Å²) >= 11 is 0. The summed E-state index contributed by atoms with van der Waals surface area (Å²) in [6.07, 6.45) is 3.33. The highest BCUT2D eigenvalue weighted by atomic mass is 16.3. The molecule has 0 N–H and O–H groups in total. The van der Waals surface area contributed by atoms with Crippen molar-refractivity contribution >= 4 is 5.71 Å². The normalized spacial score (nSPS) is 12.0. The highest BCUT2D eigenvalue weighted by Crippen LogP contribution is 2.00. The van der Waals surface area contributed by atoms with E-state index in [1.54, 1.807) is 19.6 Å². The van der Waals surface area contributed by atoms with E-state index in [9.17, 15) is 0 Å². The fourth-order valence-corrected chi connectivity index (χ4v) is 0.599. The van der Waals surface area contributed by atoms with Crippen LogP contribution in [0.4, 0.5) is 0 Å². The van der Waals surface area contributed by atoms with Gasteiger partial charge >= 0.3 is 0 Å². The second-order valence-corrected chi connectivity index (χ2v) is 1.82. The van der Waals surface area contributed by atoms with E-state index in [1.165, 1.54) is 0 Å². The van der Waals surface area contributed by atoms with Crippen LogP contribution in [0.1, 0.15) is 12.5 Å². The first kappa shape index (κ1) is 6.08. The van der Waals surface area contributed by atoms with Crippen molar-refractivity contribution in [3.63, 3.8) is 0 Å². The average molecular weight is 123 g/mol. The minimum Gasteiger partial charge on any atom is -0.472 e. The standard InChI is InChI=1S/C7H9NO/c1-6(8-2)7-3-4-9-5-7/h3-5H,1-2H3. The highest BCUT2D eigenvalue weighted by molar-refractivity contribution is 5.98. The molecule has 2 heteroatoms. The summed E-state index contributed by atoms with van der Waals surface area (Å²) in [6.45, 7) is 1.95. The molecule has 0 radical (unpaired) electrons. The van der Waals surface area contributed by atoms with Crippen LogP contribution in [0.5, 0.6) is 0 Å². The molecule has 0 aliphatic heterocycles. The SMILES string of the molecule is CN=C(C)c1ccoc1. The van der Waals surface area contributed by atoms with Crippen molar-refractivity contribution in [2.45, 2.75) is 6.92 Å². The van der Waals surface area contributed by atoms with Crippen LogP contribution >= 0.6 is 0 Å². The van der Waals surface area contributed by atoms with Crippen LogP contribution in [0.2, 0.25) is 0 Å². The summed E-state index contributed by atoms with van der Waals surface area (Å²) < 4.78 is 4.86. The zero-order valence-corrected chi connectivity index (χ0v) is 5.59. The molecule has 0 fully saturated rings. The molecule has 0 atom stereocenters. The van der Waals surface area contributed by atoms with E-state index < -0.39 is 0 Å². The van der Waals surface area contributed by atoms with E-state index in [-0.39, 0.29) is 0 Å². The lowest BCUT2D eigenvalue weighted by Gasteiger charge is -1.88. The Balaban J connectivity index is 2.90. The molecule has 0 bridgehead atoms. The Hall–Kier alpha value is -1.05. The van der Waals surface area contributed by atoms with Crippen LogP contribution in [0.15, 0.2) is 28.0 Å². The zero-order chi connectivity index (χ0) is 6.69. The van der Waals surface area contributed by atoms with Crippen molar-refractivity contribution in [1.29, 1.82) is 0 Å². The third-order valence-corrected chi connectivity index (χ3v) is 1.27. The van der Waals surface area contributed by atoms with Crippen LogP contribution in [0.25, 0.3) is 0 Å². The van der Waals surface area contributed by atoms with E-state index in [1.807, 2.05) is 13.0 Å². The van der Waals surface area contributed by atoms with Crippen LogP contribution in [0.3, 0.4) is 0 Å². The summed E-state index contributed by atoms with van der Waals surface area (Å²) in [5.41, 5.74) is 2.06. The smallest absolute Gasteiger partial charge is 0.0992 e. The Kier molecular flexibility index (Phi) is 1.68. The topological polar surface area (TPSA) is 25.5 Å². The number of rotatable bonds is 1. The van der Waals surface area contributed by atoms with Crippen LogP contribution in [-0.4, -0.2) is 12.8 Å². The Labute approximate surface area is 54.2 Å². The third-order valence-electron chi connectivity index (χ3n) is 1.27. The van der Waals surface area contributed by atoms with E-state index in [4.69, 9.17) is 4.42 Å². The number of nitrogens with zero attached hydrogens (tertiary/aromatic N) is 1. The van der Waals surface area contributed by atoms with Gasteiger partial charge in [0.15, 0.2) is 0 Å². The van der Waals surface area contributed by atoms with E-state index in [2.05, 4.69) is 4.99 Å². The molecule has 0 amide bonds. The average Bonchev–Trinajstić information content (AvgIpc) is 2.37. The number of aliphatic imine (C=N–C) groups is 1. The van der Waals surface area contributed by atoms with Crippen LogP contribution in [0, 0.1) is 0 Å². The highest BCUT2D eigenvalue weighted by Gasteiger charge is 1.94. The molecular formula is C7H9NO. The largest absolute Gasteiger partial charge is 0.472 e. The second kappa shape index (κ2) is 2.49. The third kappa shape index (κ3) is 1.19. The molecule has 0 aliphatic rings. The molecule has 9 heavy (non-hydrogen) atoms. The van der Waals surface area contributed by atoms with Gasteiger partial charge in [-0.3, -0.25) is 4.99 Å². The Morgan fingerprint density at radius 2 is 2.44 bits per heavy atom. The number of hydrogen-bond acceptors (Lipinski definition) is 2. The summed E-state index contributed by atoms with van der Waals surface area (Å²) in [5.74, 6) is 0. The van der Waals surface area contributed by atoms with Crippen LogP contribution in [-0.2, 0) is 0 Å². The van der Waals surface area contributed by atoms with Gasteiger partial charge in [0.2, 0.25) is 0 Å². The maximum Gasteiger partial charge on any atom is 0.0992 e. The van der Waals surface area contributed by atoms with Crippen molar-refractivity contribution in [3.05, 3.63) is 24.2 Å². The van der Waals surface area contributed by atoms with Gasteiger partial charge in [-0.1, -0.05) is 0 Å². The first-order valence-electron chi connectivity index (χ1n) is 2.80. The van der Waals surface area contributed by atoms with Gasteiger partial charge in [0.1, 0.15) is 0 Å².